The van der Waals surface area contributed by atoms with Gasteiger partial charge in [0.25, 0.3) is 0 Å². The number of esters is 2. The van der Waals surface area contributed by atoms with Crippen molar-refractivity contribution in [1.82, 2.24) is 0 Å². The first-order chi connectivity index (χ1) is 14.5. The van der Waals surface area contributed by atoms with Gasteiger partial charge in [0.05, 0.1) is 12.7 Å². The van der Waals surface area contributed by atoms with E-state index in [1.807, 2.05) is 13.8 Å². The highest BCUT2D eigenvalue weighted by molar-refractivity contribution is 7.47. The Morgan fingerprint density at radius 1 is 0.968 bits per heavy atom. The maximum Gasteiger partial charge on any atom is 0.472 e. The summed E-state index contributed by atoms with van der Waals surface area (Å²) in [5, 5.41) is 8.83. The second-order valence-electron chi connectivity index (χ2n) is 7.15. The van der Waals surface area contributed by atoms with Gasteiger partial charge >= 0.3 is 25.7 Å². The van der Waals surface area contributed by atoms with Crippen molar-refractivity contribution in [3.63, 3.8) is 0 Å². The number of aliphatic carboxylic acids is 1. The molecule has 0 bridgehead atoms. The molecular weight excluding hydrogens is 433 g/mol. The number of carbonyl (C=O) groups is 3. The van der Waals surface area contributed by atoms with Crippen LogP contribution in [0.2, 0.25) is 0 Å². The zero-order valence-corrected chi connectivity index (χ0v) is 19.4. The molecule has 4 atom stereocenters. The van der Waals surface area contributed by atoms with Crippen LogP contribution in [0.1, 0.15) is 72.1 Å². The number of unbranched alkanes of at least 4 members (excludes halogenated alkanes) is 4. The summed E-state index contributed by atoms with van der Waals surface area (Å²) in [5.74, 6) is -2.45. The van der Waals surface area contributed by atoms with E-state index in [9.17, 15) is 23.8 Å². The first-order valence-corrected chi connectivity index (χ1v) is 12.0. The summed E-state index contributed by atoms with van der Waals surface area (Å²) in [5.41, 5.74) is 5.34. The molecular formula is C19H36NO10P. The Bertz CT molecular complexity index is 600. The van der Waals surface area contributed by atoms with E-state index in [1.54, 1.807) is 0 Å². The van der Waals surface area contributed by atoms with Gasteiger partial charge in [0.2, 0.25) is 0 Å². The van der Waals surface area contributed by atoms with Gasteiger partial charge in [-0.05, 0) is 19.8 Å². The van der Waals surface area contributed by atoms with Crippen LogP contribution < -0.4 is 5.73 Å². The van der Waals surface area contributed by atoms with Gasteiger partial charge in [-0.15, -0.1) is 0 Å². The van der Waals surface area contributed by atoms with Gasteiger partial charge < -0.3 is 25.2 Å². The number of hydrogen-bond acceptors (Lipinski definition) is 9. The Labute approximate surface area is 183 Å². The highest BCUT2D eigenvalue weighted by atomic mass is 31.2. The number of nitrogens with two attached hydrogens (primary N) is 1. The van der Waals surface area contributed by atoms with Crippen LogP contribution in [0.5, 0.6) is 0 Å². The van der Waals surface area contributed by atoms with Crippen molar-refractivity contribution in [1.29, 1.82) is 0 Å². The maximum atomic E-state index is 12.1. The molecule has 0 amide bonds. The number of carbonyl (C=O) groups excluding carboxylic acids is 2. The van der Waals surface area contributed by atoms with Crippen LogP contribution in [0.15, 0.2) is 0 Å². The lowest BCUT2D eigenvalue weighted by Crippen LogP contribution is -2.41. The molecule has 0 saturated heterocycles. The average Bonchev–Trinajstić information content (AvgIpc) is 2.69. The Morgan fingerprint density at radius 2 is 1.52 bits per heavy atom. The standard InChI is InChI=1S/C19H36NO10P/c1-4-6-8-10-16(21)27-12-15(29-17(22)11-9-7-5-2)13-28-31(25,26)30-14(3)18(20)19(23)24/h14-15,18H,4-13,20H2,1-3H3,(H,23,24)(H,25,26)/t14-,15-,18+/m1/s1. The number of rotatable bonds is 18. The minimum Gasteiger partial charge on any atom is -0.480 e. The molecule has 0 aromatic rings. The molecule has 31 heavy (non-hydrogen) atoms. The van der Waals surface area contributed by atoms with Crippen molar-refractivity contribution in [3.8, 4) is 0 Å². The summed E-state index contributed by atoms with van der Waals surface area (Å²) < 4.78 is 31.9. The van der Waals surface area contributed by atoms with Crippen LogP contribution in [0.25, 0.3) is 0 Å². The van der Waals surface area contributed by atoms with E-state index in [0.717, 1.165) is 25.7 Å². The minimum absolute atomic E-state index is 0.145. The van der Waals surface area contributed by atoms with E-state index in [0.29, 0.717) is 12.8 Å². The van der Waals surface area contributed by atoms with Gasteiger partial charge in [0, 0.05) is 12.8 Å². The molecule has 12 heteroatoms. The maximum absolute atomic E-state index is 12.1. The monoisotopic (exact) mass is 469 g/mol. The van der Waals surface area contributed by atoms with E-state index in [2.05, 4.69) is 0 Å². The number of carboxylic acid groups (broad SMARTS) is 1. The Balaban J connectivity index is 4.82. The van der Waals surface area contributed by atoms with Crippen LogP contribution in [-0.4, -0.2) is 59.4 Å². The van der Waals surface area contributed by atoms with E-state index < -0.39 is 50.6 Å². The molecule has 0 fully saturated rings. The fraction of sp³-hybridized carbons (Fsp3) is 0.842. The van der Waals surface area contributed by atoms with Gasteiger partial charge in [0.15, 0.2) is 6.10 Å². The number of ether oxygens (including phenoxy) is 2. The van der Waals surface area contributed by atoms with E-state index >= 15 is 0 Å². The molecule has 0 radical (unpaired) electrons. The molecule has 4 N–H and O–H groups in total. The molecule has 1 unspecified atom stereocenters. The third-order valence-electron chi connectivity index (χ3n) is 4.21. The van der Waals surface area contributed by atoms with Crippen molar-refractivity contribution in [2.75, 3.05) is 13.2 Å². The second kappa shape index (κ2) is 16.2. The average molecular weight is 469 g/mol. The summed E-state index contributed by atoms with van der Waals surface area (Å²) in [6, 6.07) is -1.54. The van der Waals surface area contributed by atoms with Gasteiger partial charge in [-0.3, -0.25) is 23.4 Å². The minimum atomic E-state index is -4.71. The fourth-order valence-electron chi connectivity index (χ4n) is 2.34. The first kappa shape index (κ1) is 29.5. The molecule has 0 aromatic heterocycles. The second-order valence-corrected chi connectivity index (χ2v) is 8.55. The third kappa shape index (κ3) is 15.0. The zero-order valence-electron chi connectivity index (χ0n) is 18.5. The number of phosphoric ester groups is 1. The van der Waals surface area contributed by atoms with Crippen LogP contribution in [0.4, 0.5) is 0 Å². The predicted molar refractivity (Wildman–Crippen MR) is 111 cm³/mol. The van der Waals surface area contributed by atoms with Gasteiger partial charge in [-0.25, -0.2) is 4.57 Å². The number of carboxylic acids is 1. The summed E-state index contributed by atoms with van der Waals surface area (Å²) >= 11 is 0. The molecule has 0 aliphatic rings. The van der Waals surface area contributed by atoms with E-state index in [4.69, 9.17) is 29.4 Å². The Morgan fingerprint density at radius 3 is 2.03 bits per heavy atom. The normalized spacial score (nSPS) is 16.0. The van der Waals surface area contributed by atoms with Crippen LogP contribution in [0.3, 0.4) is 0 Å². The highest BCUT2D eigenvalue weighted by Crippen LogP contribution is 2.45. The summed E-state index contributed by atoms with van der Waals surface area (Å²) in [6.45, 7) is 4.24. The third-order valence-corrected chi connectivity index (χ3v) is 5.29. The van der Waals surface area contributed by atoms with Crippen LogP contribution in [-0.2, 0) is 37.5 Å². The van der Waals surface area contributed by atoms with Crippen molar-refractivity contribution in [2.45, 2.75) is 90.4 Å². The molecule has 11 nitrogen and oxygen atoms in total. The summed E-state index contributed by atoms with van der Waals surface area (Å²) in [4.78, 5) is 44.4. The molecule has 0 aliphatic carbocycles. The zero-order chi connectivity index (χ0) is 23.9. The SMILES string of the molecule is CCCCCC(=O)OC[C@H](COP(=O)(O)O[C@H](C)[C@H](N)C(=O)O)OC(=O)CCCCC. The quantitative estimate of drug-likeness (QED) is 0.153. The first-order valence-electron chi connectivity index (χ1n) is 10.5. The smallest absolute Gasteiger partial charge is 0.472 e. The van der Waals surface area contributed by atoms with Gasteiger partial charge in [-0.2, -0.15) is 0 Å². The van der Waals surface area contributed by atoms with Crippen molar-refractivity contribution >= 4 is 25.7 Å². The largest absolute Gasteiger partial charge is 0.480 e. The van der Waals surface area contributed by atoms with Gasteiger partial charge in [-0.1, -0.05) is 39.5 Å². The van der Waals surface area contributed by atoms with Crippen LogP contribution in [0, 0.1) is 0 Å². The predicted octanol–water partition coefficient (Wildman–Crippen LogP) is 2.54. The lowest BCUT2D eigenvalue weighted by molar-refractivity contribution is -0.161. The van der Waals surface area contributed by atoms with E-state index in [1.165, 1.54) is 6.92 Å². The van der Waals surface area contributed by atoms with Crippen molar-refractivity contribution < 1.29 is 47.5 Å². The molecule has 0 saturated carbocycles. The Hall–Kier alpha value is -1.52. The van der Waals surface area contributed by atoms with E-state index in [-0.39, 0.29) is 19.4 Å². The molecule has 0 aliphatic heterocycles. The molecule has 0 rings (SSSR count). The van der Waals surface area contributed by atoms with Crippen LogP contribution >= 0.6 is 7.82 Å². The lowest BCUT2D eigenvalue weighted by Gasteiger charge is -2.22. The summed E-state index contributed by atoms with van der Waals surface area (Å²) in [6.07, 6.45) is 2.74. The fourth-order valence-corrected chi connectivity index (χ4v) is 3.31. The molecule has 0 spiro atoms. The molecule has 0 aromatic carbocycles. The highest BCUT2D eigenvalue weighted by Gasteiger charge is 2.32. The number of hydrogen-bond donors (Lipinski definition) is 3. The Kier molecular flexibility index (Phi) is 15.4. The molecule has 0 heterocycles. The van der Waals surface area contributed by atoms with Crippen molar-refractivity contribution in [2.24, 2.45) is 5.73 Å². The van der Waals surface area contributed by atoms with Crippen molar-refractivity contribution in [3.05, 3.63) is 0 Å². The summed E-state index contributed by atoms with van der Waals surface area (Å²) in [7, 11) is -4.71. The lowest BCUT2D eigenvalue weighted by atomic mass is 10.2. The topological polar surface area (TPSA) is 172 Å². The van der Waals surface area contributed by atoms with Gasteiger partial charge in [0.1, 0.15) is 12.6 Å². The number of phosphoric acid groups is 1. The molecule has 182 valence electrons.